The summed E-state index contributed by atoms with van der Waals surface area (Å²) < 4.78 is 0. The normalized spacial score (nSPS) is 27.9. The van der Waals surface area contributed by atoms with Crippen LogP contribution in [0.2, 0.25) is 0 Å². The lowest BCUT2D eigenvalue weighted by Gasteiger charge is -2.36. The number of nitrogens with two attached hydrogens (primary N) is 1. The van der Waals surface area contributed by atoms with Gasteiger partial charge in [-0.05, 0) is 32.5 Å². The van der Waals surface area contributed by atoms with E-state index < -0.39 is 0 Å². The fourth-order valence-corrected chi connectivity index (χ4v) is 2.19. The van der Waals surface area contributed by atoms with Crippen LogP contribution in [-0.4, -0.2) is 42.5 Å². The maximum absolute atomic E-state index is 11.0. The first-order chi connectivity index (χ1) is 6.69. The van der Waals surface area contributed by atoms with E-state index >= 15 is 0 Å². The third-order valence-corrected chi connectivity index (χ3v) is 3.05. The van der Waals surface area contributed by atoms with Gasteiger partial charge >= 0.3 is 0 Å². The standard InChI is InChI=1S/C10H21N3O/c1-3-13(4-2)8-5-6-12-9(7-8)10(11)14/h8-9,12H,3-7H2,1-2H3,(H2,11,14). The Bertz CT molecular complexity index is 192. The molecule has 82 valence electrons. The third-order valence-electron chi connectivity index (χ3n) is 3.05. The van der Waals surface area contributed by atoms with Gasteiger partial charge in [-0.3, -0.25) is 4.79 Å². The summed E-state index contributed by atoms with van der Waals surface area (Å²) in [6.45, 7) is 7.31. The van der Waals surface area contributed by atoms with Gasteiger partial charge in [0.25, 0.3) is 0 Å². The third kappa shape index (κ3) is 2.69. The molecule has 2 atom stereocenters. The number of nitrogens with zero attached hydrogens (tertiary/aromatic N) is 1. The zero-order chi connectivity index (χ0) is 10.6. The second kappa shape index (κ2) is 5.32. The van der Waals surface area contributed by atoms with E-state index in [-0.39, 0.29) is 11.9 Å². The number of primary amides is 1. The molecule has 1 saturated heterocycles. The summed E-state index contributed by atoms with van der Waals surface area (Å²) in [6, 6.07) is 0.387. The summed E-state index contributed by atoms with van der Waals surface area (Å²) in [6.07, 6.45) is 1.97. The van der Waals surface area contributed by atoms with E-state index in [2.05, 4.69) is 24.1 Å². The zero-order valence-electron chi connectivity index (χ0n) is 9.12. The second-order valence-electron chi connectivity index (χ2n) is 3.81. The van der Waals surface area contributed by atoms with E-state index in [1.54, 1.807) is 0 Å². The summed E-state index contributed by atoms with van der Waals surface area (Å²) in [4.78, 5) is 13.4. The summed E-state index contributed by atoms with van der Waals surface area (Å²) in [7, 11) is 0. The summed E-state index contributed by atoms with van der Waals surface area (Å²) >= 11 is 0. The van der Waals surface area contributed by atoms with Gasteiger partial charge in [0.2, 0.25) is 5.91 Å². The minimum atomic E-state index is -0.221. The predicted octanol–water partition coefficient (Wildman–Crippen LogP) is -0.0659. The molecular formula is C10H21N3O. The summed E-state index contributed by atoms with van der Waals surface area (Å²) in [5.74, 6) is -0.221. The van der Waals surface area contributed by atoms with Gasteiger partial charge in [-0.2, -0.15) is 0 Å². The van der Waals surface area contributed by atoms with Crippen LogP contribution in [-0.2, 0) is 4.79 Å². The Morgan fingerprint density at radius 2 is 2.14 bits per heavy atom. The molecule has 1 aliphatic heterocycles. The fourth-order valence-electron chi connectivity index (χ4n) is 2.19. The Morgan fingerprint density at radius 1 is 1.50 bits per heavy atom. The van der Waals surface area contributed by atoms with Crippen molar-refractivity contribution in [1.82, 2.24) is 10.2 Å². The van der Waals surface area contributed by atoms with Crippen molar-refractivity contribution in [2.45, 2.75) is 38.8 Å². The molecule has 0 bridgehead atoms. The first-order valence-electron chi connectivity index (χ1n) is 5.45. The van der Waals surface area contributed by atoms with Crippen molar-refractivity contribution in [1.29, 1.82) is 0 Å². The minimum absolute atomic E-state index is 0.130. The lowest BCUT2D eigenvalue weighted by molar-refractivity contribution is -0.121. The topological polar surface area (TPSA) is 58.4 Å². The molecule has 0 aliphatic carbocycles. The molecule has 1 amide bonds. The number of carbonyl (C=O) groups is 1. The lowest BCUT2D eigenvalue weighted by Crippen LogP contribution is -2.52. The predicted molar refractivity (Wildman–Crippen MR) is 56.9 cm³/mol. The van der Waals surface area contributed by atoms with Crippen molar-refractivity contribution in [2.24, 2.45) is 5.73 Å². The first kappa shape index (κ1) is 11.5. The highest BCUT2D eigenvalue weighted by atomic mass is 16.1. The maximum Gasteiger partial charge on any atom is 0.234 e. The van der Waals surface area contributed by atoms with Gasteiger partial charge in [0.15, 0.2) is 0 Å². The molecule has 4 heteroatoms. The van der Waals surface area contributed by atoms with Crippen LogP contribution in [0.1, 0.15) is 26.7 Å². The van der Waals surface area contributed by atoms with Gasteiger partial charge in [0.05, 0.1) is 6.04 Å². The average molecular weight is 199 g/mol. The van der Waals surface area contributed by atoms with E-state index in [9.17, 15) is 4.79 Å². The monoisotopic (exact) mass is 199 g/mol. The molecule has 1 heterocycles. The molecule has 0 aromatic carbocycles. The largest absolute Gasteiger partial charge is 0.368 e. The van der Waals surface area contributed by atoms with Crippen LogP contribution in [0.25, 0.3) is 0 Å². The number of carbonyl (C=O) groups excluding carboxylic acids is 1. The van der Waals surface area contributed by atoms with E-state index in [1.807, 2.05) is 0 Å². The van der Waals surface area contributed by atoms with Crippen LogP contribution in [0.3, 0.4) is 0 Å². The van der Waals surface area contributed by atoms with Crippen molar-refractivity contribution >= 4 is 5.91 Å². The van der Waals surface area contributed by atoms with Crippen LogP contribution in [0.4, 0.5) is 0 Å². The first-order valence-corrected chi connectivity index (χ1v) is 5.45. The molecule has 0 aromatic rings. The van der Waals surface area contributed by atoms with Gasteiger partial charge in [-0.1, -0.05) is 13.8 Å². The SMILES string of the molecule is CCN(CC)C1CCNC(C(N)=O)C1. The Balaban J connectivity index is 2.50. The highest BCUT2D eigenvalue weighted by Crippen LogP contribution is 2.14. The van der Waals surface area contributed by atoms with Crippen molar-refractivity contribution in [3.05, 3.63) is 0 Å². The van der Waals surface area contributed by atoms with Gasteiger partial charge in [0.1, 0.15) is 0 Å². The molecular weight excluding hydrogens is 178 g/mol. The Labute approximate surface area is 85.8 Å². The smallest absolute Gasteiger partial charge is 0.234 e. The Hall–Kier alpha value is -0.610. The Morgan fingerprint density at radius 3 is 2.64 bits per heavy atom. The minimum Gasteiger partial charge on any atom is -0.368 e. The summed E-state index contributed by atoms with van der Waals surface area (Å²) in [5.41, 5.74) is 5.29. The van der Waals surface area contributed by atoms with E-state index in [1.165, 1.54) is 0 Å². The molecule has 1 rings (SSSR count). The molecule has 2 unspecified atom stereocenters. The van der Waals surface area contributed by atoms with Gasteiger partial charge in [-0.15, -0.1) is 0 Å². The van der Waals surface area contributed by atoms with Gasteiger partial charge in [0, 0.05) is 6.04 Å². The van der Waals surface area contributed by atoms with Crippen molar-refractivity contribution in [3.8, 4) is 0 Å². The number of rotatable bonds is 4. The number of nitrogens with one attached hydrogen (secondary N) is 1. The molecule has 1 fully saturated rings. The molecule has 0 spiro atoms. The van der Waals surface area contributed by atoms with E-state index in [4.69, 9.17) is 5.73 Å². The van der Waals surface area contributed by atoms with Crippen molar-refractivity contribution in [2.75, 3.05) is 19.6 Å². The Kier molecular flexibility index (Phi) is 4.35. The lowest BCUT2D eigenvalue weighted by atomic mass is 9.97. The molecule has 4 nitrogen and oxygen atoms in total. The number of hydrogen-bond acceptors (Lipinski definition) is 3. The van der Waals surface area contributed by atoms with Crippen LogP contribution in [0, 0.1) is 0 Å². The van der Waals surface area contributed by atoms with Gasteiger partial charge < -0.3 is 16.0 Å². The van der Waals surface area contributed by atoms with Crippen LogP contribution in [0.15, 0.2) is 0 Å². The van der Waals surface area contributed by atoms with Crippen LogP contribution < -0.4 is 11.1 Å². The molecule has 3 N–H and O–H groups in total. The van der Waals surface area contributed by atoms with E-state index in [0.29, 0.717) is 6.04 Å². The van der Waals surface area contributed by atoms with Gasteiger partial charge in [-0.25, -0.2) is 0 Å². The molecule has 14 heavy (non-hydrogen) atoms. The quantitative estimate of drug-likeness (QED) is 0.666. The highest BCUT2D eigenvalue weighted by Gasteiger charge is 2.27. The zero-order valence-corrected chi connectivity index (χ0v) is 9.12. The molecule has 1 aliphatic rings. The maximum atomic E-state index is 11.0. The van der Waals surface area contributed by atoms with Crippen LogP contribution >= 0.6 is 0 Å². The number of amides is 1. The number of piperidine rings is 1. The van der Waals surface area contributed by atoms with E-state index in [0.717, 1.165) is 32.5 Å². The molecule has 0 saturated carbocycles. The molecule has 0 aromatic heterocycles. The number of hydrogen-bond donors (Lipinski definition) is 2. The van der Waals surface area contributed by atoms with Crippen LogP contribution in [0.5, 0.6) is 0 Å². The van der Waals surface area contributed by atoms with Crippen molar-refractivity contribution < 1.29 is 4.79 Å². The second-order valence-corrected chi connectivity index (χ2v) is 3.81. The van der Waals surface area contributed by atoms with Crippen molar-refractivity contribution in [3.63, 3.8) is 0 Å². The summed E-state index contributed by atoms with van der Waals surface area (Å²) in [5, 5.41) is 3.15. The average Bonchev–Trinajstić information content (AvgIpc) is 2.20. The fraction of sp³-hybridized carbons (Fsp3) is 0.900. The molecule has 0 radical (unpaired) electrons. The highest BCUT2D eigenvalue weighted by molar-refractivity contribution is 5.80.